The van der Waals surface area contributed by atoms with Gasteiger partial charge < -0.3 is 9.64 Å². The van der Waals surface area contributed by atoms with Gasteiger partial charge in [0.25, 0.3) is 0 Å². The molecule has 0 unspecified atom stereocenters. The summed E-state index contributed by atoms with van der Waals surface area (Å²) in [4.78, 5) is 18.0. The molecule has 0 saturated heterocycles. The molecule has 0 bridgehead atoms. The predicted octanol–water partition coefficient (Wildman–Crippen LogP) is 3.34. The first kappa shape index (κ1) is 14.1. The summed E-state index contributed by atoms with van der Waals surface area (Å²) < 4.78 is 5.38. The molecule has 1 aliphatic rings. The molecule has 1 aliphatic heterocycles. The van der Waals surface area contributed by atoms with Crippen molar-refractivity contribution in [2.45, 2.75) is 46.3 Å². The highest BCUT2D eigenvalue weighted by molar-refractivity contribution is 6.29. The number of hydrogen-bond donors (Lipinski definition) is 0. The minimum absolute atomic E-state index is 0.294. The van der Waals surface area contributed by atoms with Gasteiger partial charge in [0.1, 0.15) is 10.8 Å². The fourth-order valence-electron chi connectivity index (χ4n) is 2.18. The molecule has 0 aromatic carbocycles. The number of nitrogens with zero attached hydrogens (tertiary/aromatic N) is 2. The lowest BCUT2D eigenvalue weighted by atomic mass is 10.0. The van der Waals surface area contributed by atoms with E-state index in [0.29, 0.717) is 18.2 Å². The Morgan fingerprint density at radius 3 is 2.79 bits per heavy atom. The number of halogens is 1. The Labute approximate surface area is 118 Å². The van der Waals surface area contributed by atoms with Gasteiger partial charge in [0.2, 0.25) is 0 Å². The molecule has 0 spiro atoms. The van der Waals surface area contributed by atoms with E-state index < -0.39 is 5.60 Å². The second kappa shape index (κ2) is 5.00. The summed E-state index contributed by atoms with van der Waals surface area (Å²) in [6, 6.07) is 1.86. The van der Waals surface area contributed by atoms with Crippen LogP contribution in [-0.4, -0.2) is 28.1 Å². The molecule has 2 rings (SSSR count). The van der Waals surface area contributed by atoms with Crippen LogP contribution in [-0.2, 0) is 17.7 Å². The average molecular weight is 283 g/mol. The maximum absolute atomic E-state index is 12.0. The van der Waals surface area contributed by atoms with Crippen molar-refractivity contribution in [1.82, 2.24) is 9.88 Å². The van der Waals surface area contributed by atoms with Crippen LogP contribution in [0.1, 0.15) is 37.6 Å². The Balaban J connectivity index is 2.16. The van der Waals surface area contributed by atoms with Crippen LogP contribution in [0.3, 0.4) is 0 Å². The Hall–Kier alpha value is -1.29. The fraction of sp³-hybridized carbons (Fsp3) is 0.571. The highest BCUT2D eigenvalue weighted by Crippen LogP contribution is 2.24. The Morgan fingerprint density at radius 2 is 2.16 bits per heavy atom. The largest absolute Gasteiger partial charge is 0.444 e. The quantitative estimate of drug-likeness (QED) is 0.686. The lowest BCUT2D eigenvalue weighted by Crippen LogP contribution is -2.40. The van der Waals surface area contributed by atoms with E-state index in [2.05, 4.69) is 4.98 Å². The predicted molar refractivity (Wildman–Crippen MR) is 74.3 cm³/mol. The van der Waals surface area contributed by atoms with Crippen LogP contribution < -0.4 is 0 Å². The molecule has 0 saturated carbocycles. The number of pyridine rings is 1. The number of fused-ring (bicyclic) bond motifs is 1. The molecule has 104 valence electrons. The molecule has 0 radical (unpaired) electrons. The van der Waals surface area contributed by atoms with Gasteiger partial charge >= 0.3 is 6.09 Å². The van der Waals surface area contributed by atoms with Gasteiger partial charge in [-0.15, -0.1) is 0 Å². The minimum Gasteiger partial charge on any atom is -0.444 e. The Morgan fingerprint density at radius 1 is 1.47 bits per heavy atom. The number of aromatic nitrogens is 1. The van der Waals surface area contributed by atoms with E-state index in [-0.39, 0.29) is 6.09 Å². The Kier molecular flexibility index (Phi) is 3.72. The average Bonchev–Trinajstić information content (AvgIpc) is 2.25. The standard InChI is InChI=1S/C14H19ClN2O2/c1-9-7-12(15)16-11-8-17(6-5-10(9)11)13(18)19-14(2,3)4/h7H,5-6,8H2,1-4H3. The minimum atomic E-state index is -0.477. The third kappa shape index (κ3) is 3.38. The molecule has 4 nitrogen and oxygen atoms in total. The van der Waals surface area contributed by atoms with Crippen molar-refractivity contribution in [2.75, 3.05) is 6.54 Å². The molecule has 0 atom stereocenters. The molecular weight excluding hydrogens is 264 g/mol. The third-order valence-corrected chi connectivity index (χ3v) is 3.22. The maximum atomic E-state index is 12.0. The van der Waals surface area contributed by atoms with E-state index in [0.717, 1.165) is 17.7 Å². The van der Waals surface area contributed by atoms with Crippen LogP contribution in [0.25, 0.3) is 0 Å². The first-order chi connectivity index (χ1) is 8.76. The summed E-state index contributed by atoms with van der Waals surface area (Å²) >= 11 is 5.97. The zero-order valence-corrected chi connectivity index (χ0v) is 12.5. The summed E-state index contributed by atoms with van der Waals surface area (Å²) in [5.74, 6) is 0. The van der Waals surface area contributed by atoms with E-state index in [9.17, 15) is 4.79 Å². The van der Waals surface area contributed by atoms with E-state index >= 15 is 0 Å². The summed E-state index contributed by atoms with van der Waals surface area (Å²) in [6.07, 6.45) is 0.502. The Bertz CT molecular complexity index is 509. The molecule has 0 aliphatic carbocycles. The molecule has 1 amide bonds. The summed E-state index contributed by atoms with van der Waals surface area (Å²) in [5, 5.41) is 0.474. The van der Waals surface area contributed by atoms with Crippen molar-refractivity contribution in [3.63, 3.8) is 0 Å². The SMILES string of the molecule is Cc1cc(Cl)nc2c1CCN(C(=O)OC(C)(C)C)C2. The summed E-state index contributed by atoms with van der Waals surface area (Å²) in [6.45, 7) is 8.74. The lowest BCUT2D eigenvalue weighted by molar-refractivity contribution is 0.0220. The lowest BCUT2D eigenvalue weighted by Gasteiger charge is -2.31. The number of aryl methyl sites for hydroxylation is 1. The first-order valence-electron chi connectivity index (χ1n) is 6.39. The van der Waals surface area contributed by atoms with Crippen molar-refractivity contribution < 1.29 is 9.53 Å². The molecule has 0 fully saturated rings. The van der Waals surface area contributed by atoms with Crippen LogP contribution in [0.2, 0.25) is 5.15 Å². The van der Waals surface area contributed by atoms with Gasteiger partial charge in [-0.3, -0.25) is 0 Å². The fourth-order valence-corrected chi connectivity index (χ4v) is 2.45. The number of carbonyl (C=O) groups is 1. The van der Waals surface area contributed by atoms with Crippen molar-refractivity contribution in [3.05, 3.63) is 28.0 Å². The smallest absolute Gasteiger partial charge is 0.410 e. The van der Waals surface area contributed by atoms with Gasteiger partial charge in [0, 0.05) is 6.54 Å². The van der Waals surface area contributed by atoms with Crippen LogP contribution in [0.15, 0.2) is 6.07 Å². The van der Waals surface area contributed by atoms with Crippen molar-refractivity contribution >= 4 is 17.7 Å². The highest BCUT2D eigenvalue weighted by Gasteiger charge is 2.27. The van der Waals surface area contributed by atoms with Crippen molar-refractivity contribution in [1.29, 1.82) is 0 Å². The molecular formula is C14H19ClN2O2. The molecule has 1 aromatic rings. The van der Waals surface area contributed by atoms with Crippen molar-refractivity contribution in [2.24, 2.45) is 0 Å². The maximum Gasteiger partial charge on any atom is 0.410 e. The van der Waals surface area contributed by atoms with Crippen LogP contribution in [0.4, 0.5) is 4.79 Å². The number of carbonyl (C=O) groups excluding carboxylic acids is 1. The first-order valence-corrected chi connectivity index (χ1v) is 6.77. The number of ether oxygens (including phenoxy) is 1. The molecule has 0 N–H and O–H groups in total. The molecule has 2 heterocycles. The number of hydrogen-bond acceptors (Lipinski definition) is 3. The van der Waals surface area contributed by atoms with Gasteiger partial charge in [0.15, 0.2) is 0 Å². The van der Waals surface area contributed by atoms with Gasteiger partial charge in [-0.2, -0.15) is 0 Å². The van der Waals surface area contributed by atoms with Crippen LogP contribution in [0, 0.1) is 6.92 Å². The zero-order valence-electron chi connectivity index (χ0n) is 11.8. The van der Waals surface area contributed by atoms with Crippen LogP contribution >= 0.6 is 11.6 Å². The van der Waals surface area contributed by atoms with Gasteiger partial charge in [-0.1, -0.05) is 11.6 Å². The molecule has 19 heavy (non-hydrogen) atoms. The van der Waals surface area contributed by atoms with Gasteiger partial charge in [0.05, 0.1) is 12.2 Å². The second-order valence-electron chi connectivity index (χ2n) is 5.84. The summed E-state index contributed by atoms with van der Waals surface area (Å²) in [5.41, 5.74) is 2.74. The van der Waals surface area contributed by atoms with E-state index in [1.54, 1.807) is 4.90 Å². The second-order valence-corrected chi connectivity index (χ2v) is 6.23. The van der Waals surface area contributed by atoms with Gasteiger partial charge in [-0.05, 0) is 51.3 Å². The number of rotatable bonds is 0. The normalized spacial score (nSPS) is 15.1. The topological polar surface area (TPSA) is 42.4 Å². The zero-order chi connectivity index (χ0) is 14.2. The highest BCUT2D eigenvalue weighted by atomic mass is 35.5. The van der Waals surface area contributed by atoms with E-state index in [1.165, 1.54) is 5.56 Å². The summed E-state index contributed by atoms with van der Waals surface area (Å²) in [7, 11) is 0. The van der Waals surface area contributed by atoms with Crippen molar-refractivity contribution in [3.8, 4) is 0 Å². The van der Waals surface area contributed by atoms with E-state index in [4.69, 9.17) is 16.3 Å². The molecule has 5 heteroatoms. The third-order valence-electron chi connectivity index (χ3n) is 3.03. The molecule has 1 aromatic heterocycles. The monoisotopic (exact) mass is 282 g/mol. The number of amides is 1. The van der Waals surface area contributed by atoms with Gasteiger partial charge in [-0.25, -0.2) is 9.78 Å². The van der Waals surface area contributed by atoms with Crippen LogP contribution in [0.5, 0.6) is 0 Å². The van der Waals surface area contributed by atoms with E-state index in [1.807, 2.05) is 33.8 Å².